The van der Waals surface area contributed by atoms with Crippen LogP contribution in [0.5, 0.6) is 0 Å². The minimum Gasteiger partial charge on any atom is -0.352 e. The van der Waals surface area contributed by atoms with Crippen molar-refractivity contribution >= 4 is 41.0 Å². The van der Waals surface area contributed by atoms with Gasteiger partial charge in [0.2, 0.25) is 5.91 Å². The molecule has 0 unspecified atom stereocenters. The maximum Gasteiger partial charge on any atom is 0.325 e. The standard InChI is InChI=1S/C20H19Cl2N3O3/c21-15-7-6-14(16(22)10-15)11-23-18(26)9-8-17-19(27)25(20(28)24-17)12-13-4-2-1-3-5-13/h1-7,10,17H,8-9,11-12H2,(H,23,26)(H,24,28)/t17-/m0/s1. The molecule has 1 saturated heterocycles. The summed E-state index contributed by atoms with van der Waals surface area (Å²) in [5.41, 5.74) is 1.61. The molecule has 0 bridgehead atoms. The summed E-state index contributed by atoms with van der Waals surface area (Å²) in [6.07, 6.45) is 0.344. The van der Waals surface area contributed by atoms with Crippen molar-refractivity contribution in [3.8, 4) is 0 Å². The SMILES string of the molecule is O=C(CC[C@@H]1NC(=O)N(Cc2ccccc2)C1=O)NCc1ccc(Cl)cc1Cl. The molecule has 0 radical (unpaired) electrons. The van der Waals surface area contributed by atoms with Gasteiger partial charge in [-0.15, -0.1) is 0 Å². The molecule has 1 fully saturated rings. The number of urea groups is 1. The van der Waals surface area contributed by atoms with Crippen LogP contribution in [0.3, 0.4) is 0 Å². The molecule has 2 N–H and O–H groups in total. The third-order valence-corrected chi connectivity index (χ3v) is 5.03. The summed E-state index contributed by atoms with van der Waals surface area (Å²) in [7, 11) is 0. The van der Waals surface area contributed by atoms with Gasteiger partial charge < -0.3 is 10.6 Å². The van der Waals surface area contributed by atoms with Crippen LogP contribution in [0, 0.1) is 0 Å². The zero-order chi connectivity index (χ0) is 20.1. The molecule has 1 aliphatic heterocycles. The summed E-state index contributed by atoms with van der Waals surface area (Å²) < 4.78 is 0. The Morgan fingerprint density at radius 1 is 1.11 bits per heavy atom. The van der Waals surface area contributed by atoms with E-state index < -0.39 is 12.1 Å². The number of hydrogen-bond donors (Lipinski definition) is 2. The van der Waals surface area contributed by atoms with Crippen LogP contribution in [0.4, 0.5) is 4.79 Å². The van der Waals surface area contributed by atoms with Gasteiger partial charge in [0, 0.05) is 23.0 Å². The number of benzene rings is 2. The van der Waals surface area contributed by atoms with Gasteiger partial charge in [0.15, 0.2) is 0 Å². The number of halogens is 2. The van der Waals surface area contributed by atoms with Gasteiger partial charge in [0.25, 0.3) is 5.91 Å². The predicted octanol–water partition coefficient (Wildman–Crippen LogP) is 3.51. The molecular weight excluding hydrogens is 401 g/mol. The lowest BCUT2D eigenvalue weighted by Gasteiger charge is -2.13. The Morgan fingerprint density at radius 2 is 1.86 bits per heavy atom. The number of nitrogens with zero attached hydrogens (tertiary/aromatic N) is 1. The Labute approximate surface area is 172 Å². The zero-order valence-electron chi connectivity index (χ0n) is 15.0. The van der Waals surface area contributed by atoms with Crippen molar-refractivity contribution in [1.29, 1.82) is 0 Å². The maximum atomic E-state index is 12.5. The molecule has 6 nitrogen and oxygen atoms in total. The second kappa shape index (κ2) is 9.08. The van der Waals surface area contributed by atoms with E-state index in [4.69, 9.17) is 23.2 Å². The molecule has 0 aliphatic carbocycles. The molecule has 0 spiro atoms. The Balaban J connectivity index is 1.48. The molecule has 3 rings (SSSR count). The number of nitrogens with one attached hydrogen (secondary N) is 2. The van der Waals surface area contributed by atoms with Crippen LogP contribution < -0.4 is 10.6 Å². The highest BCUT2D eigenvalue weighted by Crippen LogP contribution is 2.21. The van der Waals surface area contributed by atoms with Crippen molar-refractivity contribution in [2.75, 3.05) is 0 Å². The summed E-state index contributed by atoms with van der Waals surface area (Å²) in [6, 6.07) is 13.2. The molecule has 1 heterocycles. The van der Waals surface area contributed by atoms with Crippen LogP contribution in [-0.4, -0.2) is 28.8 Å². The Kier molecular flexibility index (Phi) is 6.54. The summed E-state index contributed by atoms with van der Waals surface area (Å²) in [5.74, 6) is -0.544. The lowest BCUT2D eigenvalue weighted by atomic mass is 10.1. The number of hydrogen-bond acceptors (Lipinski definition) is 3. The lowest BCUT2D eigenvalue weighted by Crippen LogP contribution is -2.32. The molecule has 0 saturated carbocycles. The average Bonchev–Trinajstić information content (AvgIpc) is 2.94. The third kappa shape index (κ3) is 5.03. The first-order valence-electron chi connectivity index (χ1n) is 8.80. The van der Waals surface area contributed by atoms with Gasteiger partial charge in [-0.1, -0.05) is 59.6 Å². The number of rotatable bonds is 7. The molecule has 4 amide bonds. The molecule has 1 atom stereocenters. The summed E-state index contributed by atoms with van der Waals surface area (Å²) >= 11 is 11.9. The molecule has 28 heavy (non-hydrogen) atoms. The molecule has 0 aromatic heterocycles. The van der Waals surface area contributed by atoms with Crippen LogP contribution in [0.25, 0.3) is 0 Å². The van der Waals surface area contributed by atoms with E-state index in [9.17, 15) is 14.4 Å². The van der Waals surface area contributed by atoms with Gasteiger partial charge in [-0.05, 0) is 29.7 Å². The van der Waals surface area contributed by atoms with Crippen LogP contribution in [0.2, 0.25) is 10.0 Å². The summed E-state index contributed by atoms with van der Waals surface area (Å²) in [5, 5.41) is 6.39. The first kappa shape index (κ1) is 20.2. The topological polar surface area (TPSA) is 78.5 Å². The Hall–Kier alpha value is -2.57. The maximum absolute atomic E-state index is 12.5. The van der Waals surface area contributed by atoms with Gasteiger partial charge in [-0.2, -0.15) is 0 Å². The quantitative estimate of drug-likeness (QED) is 0.673. The van der Waals surface area contributed by atoms with Gasteiger partial charge in [-0.3, -0.25) is 14.5 Å². The highest BCUT2D eigenvalue weighted by molar-refractivity contribution is 6.35. The van der Waals surface area contributed by atoms with Crippen molar-refractivity contribution < 1.29 is 14.4 Å². The summed E-state index contributed by atoms with van der Waals surface area (Å²) in [4.78, 5) is 37.8. The second-order valence-corrected chi connectivity index (χ2v) is 7.31. The van der Waals surface area contributed by atoms with E-state index in [0.29, 0.717) is 10.0 Å². The fourth-order valence-electron chi connectivity index (χ4n) is 2.91. The van der Waals surface area contributed by atoms with Crippen molar-refractivity contribution in [3.63, 3.8) is 0 Å². The summed E-state index contributed by atoms with van der Waals surface area (Å²) in [6.45, 7) is 0.475. The molecule has 2 aromatic rings. The number of carbonyl (C=O) groups excluding carboxylic acids is 3. The van der Waals surface area contributed by atoms with Crippen LogP contribution in [-0.2, 0) is 22.7 Å². The minimum absolute atomic E-state index is 0.112. The molecule has 1 aliphatic rings. The fraction of sp³-hybridized carbons (Fsp3) is 0.250. The zero-order valence-corrected chi connectivity index (χ0v) is 16.5. The largest absolute Gasteiger partial charge is 0.352 e. The number of carbonyl (C=O) groups is 3. The molecular formula is C20H19Cl2N3O3. The lowest BCUT2D eigenvalue weighted by molar-refractivity contribution is -0.128. The van der Waals surface area contributed by atoms with Gasteiger partial charge in [-0.25, -0.2) is 4.79 Å². The Bertz CT molecular complexity index is 890. The van der Waals surface area contributed by atoms with Crippen molar-refractivity contribution in [1.82, 2.24) is 15.5 Å². The van der Waals surface area contributed by atoms with Crippen molar-refractivity contribution in [2.24, 2.45) is 0 Å². The van der Waals surface area contributed by atoms with Crippen LogP contribution in [0.15, 0.2) is 48.5 Å². The van der Waals surface area contributed by atoms with Gasteiger partial charge >= 0.3 is 6.03 Å². The monoisotopic (exact) mass is 419 g/mol. The minimum atomic E-state index is -0.693. The molecule has 2 aromatic carbocycles. The number of amides is 4. The highest BCUT2D eigenvalue weighted by Gasteiger charge is 2.37. The molecule has 8 heteroatoms. The van der Waals surface area contributed by atoms with E-state index in [1.54, 1.807) is 18.2 Å². The molecule has 146 valence electrons. The van der Waals surface area contributed by atoms with E-state index in [1.807, 2.05) is 30.3 Å². The van der Waals surface area contributed by atoms with E-state index in [-0.39, 0.29) is 37.7 Å². The second-order valence-electron chi connectivity index (χ2n) is 6.46. The van der Waals surface area contributed by atoms with E-state index in [0.717, 1.165) is 11.1 Å². The highest BCUT2D eigenvalue weighted by atomic mass is 35.5. The van der Waals surface area contributed by atoms with E-state index >= 15 is 0 Å². The smallest absolute Gasteiger partial charge is 0.325 e. The number of imide groups is 1. The van der Waals surface area contributed by atoms with Crippen molar-refractivity contribution in [3.05, 3.63) is 69.7 Å². The average molecular weight is 420 g/mol. The van der Waals surface area contributed by atoms with Crippen LogP contribution in [0.1, 0.15) is 24.0 Å². The van der Waals surface area contributed by atoms with Gasteiger partial charge in [0.05, 0.1) is 6.54 Å². The normalized spacial score (nSPS) is 16.2. The van der Waals surface area contributed by atoms with Crippen molar-refractivity contribution in [2.45, 2.75) is 32.0 Å². The van der Waals surface area contributed by atoms with E-state index in [1.165, 1.54) is 4.90 Å². The first-order chi connectivity index (χ1) is 13.4. The van der Waals surface area contributed by atoms with Crippen LogP contribution >= 0.6 is 23.2 Å². The first-order valence-corrected chi connectivity index (χ1v) is 9.56. The predicted molar refractivity (Wildman–Crippen MR) is 107 cm³/mol. The Morgan fingerprint density at radius 3 is 2.57 bits per heavy atom. The van der Waals surface area contributed by atoms with Gasteiger partial charge in [0.1, 0.15) is 6.04 Å². The fourth-order valence-corrected chi connectivity index (χ4v) is 3.39. The van der Waals surface area contributed by atoms with E-state index in [2.05, 4.69) is 10.6 Å². The third-order valence-electron chi connectivity index (χ3n) is 4.44.